The van der Waals surface area contributed by atoms with Crippen LogP contribution < -0.4 is 14.2 Å². The van der Waals surface area contributed by atoms with E-state index in [9.17, 15) is 0 Å². The topological polar surface area (TPSA) is 30.9 Å². The quantitative estimate of drug-likeness (QED) is 0.808. The van der Waals surface area contributed by atoms with Gasteiger partial charge in [0, 0.05) is 19.1 Å². The first kappa shape index (κ1) is 15.5. The third kappa shape index (κ3) is 3.02. The van der Waals surface area contributed by atoms with Crippen LogP contribution in [0.1, 0.15) is 31.2 Å². The van der Waals surface area contributed by atoms with Crippen molar-refractivity contribution in [2.45, 2.75) is 38.1 Å². The normalized spacial score (nSPS) is 24.3. The van der Waals surface area contributed by atoms with E-state index >= 15 is 0 Å². The molecular weight excluding hydrogens is 278 g/mol. The molecule has 1 aromatic rings. The van der Waals surface area contributed by atoms with Crippen molar-refractivity contribution in [3.05, 3.63) is 17.7 Å². The van der Waals surface area contributed by atoms with Crippen molar-refractivity contribution >= 4 is 0 Å². The van der Waals surface area contributed by atoms with E-state index < -0.39 is 0 Å². The van der Waals surface area contributed by atoms with E-state index in [2.05, 4.69) is 17.0 Å². The molecule has 0 unspecified atom stereocenters. The molecule has 2 heterocycles. The standard InChI is InChI=1S/C18H27NO3/c1-20-16-10-14(11-17(21-2)18(16)22-3)8-9-19-12-13-4-6-15(19)7-5-13/h10-11,13,15H,4-9,12H2,1-3H3. The third-order valence-corrected chi connectivity index (χ3v) is 5.24. The van der Waals surface area contributed by atoms with Gasteiger partial charge in [-0.25, -0.2) is 0 Å². The lowest BCUT2D eigenvalue weighted by Crippen LogP contribution is -2.48. The zero-order valence-electron chi connectivity index (χ0n) is 13.9. The molecule has 2 saturated heterocycles. The highest BCUT2D eigenvalue weighted by molar-refractivity contribution is 5.53. The molecule has 0 aromatic heterocycles. The van der Waals surface area contributed by atoms with Gasteiger partial charge in [-0.3, -0.25) is 4.90 Å². The fraction of sp³-hybridized carbons (Fsp3) is 0.667. The van der Waals surface area contributed by atoms with Crippen LogP contribution in [0, 0.1) is 5.92 Å². The predicted molar refractivity (Wildman–Crippen MR) is 87.1 cm³/mol. The molecule has 1 saturated carbocycles. The van der Waals surface area contributed by atoms with Crippen LogP contribution in [0.5, 0.6) is 17.2 Å². The Morgan fingerprint density at radius 3 is 2.05 bits per heavy atom. The summed E-state index contributed by atoms with van der Waals surface area (Å²) in [4.78, 5) is 2.68. The first-order valence-electron chi connectivity index (χ1n) is 8.28. The summed E-state index contributed by atoms with van der Waals surface area (Å²) in [7, 11) is 4.99. The Morgan fingerprint density at radius 1 is 0.955 bits per heavy atom. The van der Waals surface area contributed by atoms with Crippen LogP contribution in [0.3, 0.4) is 0 Å². The molecule has 3 fully saturated rings. The van der Waals surface area contributed by atoms with E-state index in [1.54, 1.807) is 21.3 Å². The predicted octanol–water partition coefficient (Wildman–Crippen LogP) is 3.13. The van der Waals surface area contributed by atoms with Crippen LogP contribution in [-0.4, -0.2) is 45.4 Å². The van der Waals surface area contributed by atoms with Crippen molar-refractivity contribution in [3.63, 3.8) is 0 Å². The molecule has 4 nitrogen and oxygen atoms in total. The van der Waals surface area contributed by atoms with Gasteiger partial charge < -0.3 is 14.2 Å². The number of ether oxygens (including phenoxy) is 3. The number of fused-ring (bicyclic) bond motifs is 3. The lowest BCUT2D eigenvalue weighted by Gasteiger charge is -2.45. The van der Waals surface area contributed by atoms with Crippen LogP contribution >= 0.6 is 0 Å². The van der Waals surface area contributed by atoms with Crippen molar-refractivity contribution in [2.24, 2.45) is 5.92 Å². The molecule has 4 heteroatoms. The number of hydrogen-bond acceptors (Lipinski definition) is 4. The zero-order valence-corrected chi connectivity index (χ0v) is 13.9. The van der Waals surface area contributed by atoms with Gasteiger partial charge in [0.25, 0.3) is 0 Å². The average Bonchev–Trinajstić information content (AvgIpc) is 2.59. The fourth-order valence-corrected chi connectivity index (χ4v) is 4.00. The second-order valence-electron chi connectivity index (χ2n) is 6.45. The summed E-state index contributed by atoms with van der Waals surface area (Å²) < 4.78 is 16.3. The Morgan fingerprint density at radius 2 is 1.59 bits per heavy atom. The number of methoxy groups -OCH3 is 3. The summed E-state index contributed by atoms with van der Waals surface area (Å²) in [6.45, 7) is 2.41. The SMILES string of the molecule is COc1cc(CCN2CC3CCC2CC3)cc(OC)c1OC. The van der Waals surface area contributed by atoms with Crippen molar-refractivity contribution < 1.29 is 14.2 Å². The van der Waals surface area contributed by atoms with E-state index in [-0.39, 0.29) is 0 Å². The molecule has 0 radical (unpaired) electrons. The summed E-state index contributed by atoms with van der Waals surface area (Å²) in [6.07, 6.45) is 6.68. The van der Waals surface area contributed by atoms with Gasteiger partial charge in [0.05, 0.1) is 21.3 Å². The van der Waals surface area contributed by atoms with E-state index in [1.165, 1.54) is 37.8 Å². The minimum Gasteiger partial charge on any atom is -0.493 e. The lowest BCUT2D eigenvalue weighted by atomic mass is 9.80. The second kappa shape index (κ2) is 6.78. The summed E-state index contributed by atoms with van der Waals surface area (Å²) in [6, 6.07) is 4.96. The number of rotatable bonds is 6. The minimum atomic E-state index is 0.672. The molecule has 0 atom stereocenters. The van der Waals surface area contributed by atoms with Crippen molar-refractivity contribution in [3.8, 4) is 17.2 Å². The van der Waals surface area contributed by atoms with Crippen LogP contribution in [0.15, 0.2) is 12.1 Å². The Hall–Kier alpha value is -1.42. The number of piperidine rings is 2. The molecule has 0 spiro atoms. The molecule has 2 aliphatic heterocycles. The lowest BCUT2D eigenvalue weighted by molar-refractivity contribution is 0.0501. The summed E-state index contributed by atoms with van der Waals surface area (Å²) >= 11 is 0. The third-order valence-electron chi connectivity index (χ3n) is 5.24. The van der Waals surface area contributed by atoms with E-state index in [0.29, 0.717) is 5.75 Å². The van der Waals surface area contributed by atoms with E-state index in [4.69, 9.17) is 14.2 Å². The Bertz CT molecular complexity index is 484. The van der Waals surface area contributed by atoms with E-state index in [0.717, 1.165) is 36.4 Å². The number of benzene rings is 1. The second-order valence-corrected chi connectivity index (χ2v) is 6.45. The Balaban J connectivity index is 1.69. The van der Waals surface area contributed by atoms with Gasteiger partial charge in [-0.1, -0.05) is 0 Å². The highest BCUT2D eigenvalue weighted by Gasteiger charge is 2.33. The van der Waals surface area contributed by atoms with Crippen molar-refractivity contribution in [1.82, 2.24) is 4.90 Å². The summed E-state index contributed by atoms with van der Waals surface area (Å²) in [5, 5.41) is 0. The number of hydrogen-bond donors (Lipinski definition) is 0. The van der Waals surface area contributed by atoms with Crippen molar-refractivity contribution in [2.75, 3.05) is 34.4 Å². The molecule has 0 amide bonds. The highest BCUT2D eigenvalue weighted by Crippen LogP contribution is 2.39. The zero-order chi connectivity index (χ0) is 15.5. The Labute approximate surface area is 133 Å². The molecule has 1 aromatic carbocycles. The van der Waals surface area contributed by atoms with Crippen molar-refractivity contribution in [1.29, 1.82) is 0 Å². The monoisotopic (exact) mass is 305 g/mol. The van der Waals surface area contributed by atoms with Gasteiger partial charge in [-0.15, -0.1) is 0 Å². The van der Waals surface area contributed by atoms with Gasteiger partial charge in [0.2, 0.25) is 5.75 Å². The number of nitrogens with zero attached hydrogens (tertiary/aromatic N) is 1. The summed E-state index contributed by atoms with van der Waals surface area (Å²) in [5.74, 6) is 3.10. The van der Waals surface area contributed by atoms with Gasteiger partial charge in [0.1, 0.15) is 0 Å². The van der Waals surface area contributed by atoms with Gasteiger partial charge in [-0.2, -0.15) is 0 Å². The molecular formula is C18H27NO3. The van der Waals surface area contributed by atoms with Gasteiger partial charge >= 0.3 is 0 Å². The molecule has 1 aliphatic carbocycles. The smallest absolute Gasteiger partial charge is 0.203 e. The molecule has 3 aliphatic rings. The van der Waals surface area contributed by atoms with Gasteiger partial charge in [0.15, 0.2) is 11.5 Å². The maximum atomic E-state index is 5.44. The summed E-state index contributed by atoms with van der Waals surface area (Å²) in [5.41, 5.74) is 1.25. The van der Waals surface area contributed by atoms with Crippen LogP contribution in [0.25, 0.3) is 0 Å². The maximum absolute atomic E-state index is 5.44. The molecule has 4 rings (SSSR count). The molecule has 22 heavy (non-hydrogen) atoms. The highest BCUT2D eigenvalue weighted by atomic mass is 16.5. The molecule has 0 N–H and O–H groups in total. The maximum Gasteiger partial charge on any atom is 0.203 e. The van der Waals surface area contributed by atoms with E-state index in [1.807, 2.05) is 0 Å². The van der Waals surface area contributed by atoms with Crippen LogP contribution in [-0.2, 0) is 6.42 Å². The molecule has 2 bridgehead atoms. The van der Waals surface area contributed by atoms with Gasteiger partial charge in [-0.05, 0) is 55.7 Å². The fourth-order valence-electron chi connectivity index (χ4n) is 4.00. The first-order chi connectivity index (χ1) is 10.7. The average molecular weight is 305 g/mol. The minimum absolute atomic E-state index is 0.672. The largest absolute Gasteiger partial charge is 0.493 e. The molecule has 122 valence electrons. The van der Waals surface area contributed by atoms with Crippen LogP contribution in [0.4, 0.5) is 0 Å². The van der Waals surface area contributed by atoms with Crippen LogP contribution in [0.2, 0.25) is 0 Å². The first-order valence-corrected chi connectivity index (χ1v) is 8.28. The Kier molecular flexibility index (Phi) is 4.77.